The molecule has 0 bridgehead atoms. The summed E-state index contributed by atoms with van der Waals surface area (Å²) in [5.41, 5.74) is 0.230. The van der Waals surface area contributed by atoms with Crippen molar-refractivity contribution in [2.24, 2.45) is 5.41 Å². The zero-order chi connectivity index (χ0) is 13.8. The summed E-state index contributed by atoms with van der Waals surface area (Å²) in [6.45, 7) is 13.2. The third-order valence-corrected chi connectivity index (χ3v) is 3.32. The van der Waals surface area contributed by atoms with Crippen molar-refractivity contribution in [3.05, 3.63) is 22.9 Å². The SMILES string of the molecule is CCCNC(Cn1ccn(CC)c1=O)C(C)(C)C. The Kier molecular flexibility index (Phi) is 5.20. The lowest BCUT2D eigenvalue weighted by molar-refractivity contribution is 0.240. The topological polar surface area (TPSA) is 39.0 Å². The molecule has 0 aliphatic heterocycles. The lowest BCUT2D eigenvalue weighted by Gasteiger charge is -2.31. The zero-order valence-corrected chi connectivity index (χ0v) is 12.4. The Bertz CT molecular complexity index is 411. The Morgan fingerprint density at radius 1 is 1.22 bits per heavy atom. The Labute approximate surface area is 110 Å². The van der Waals surface area contributed by atoms with Crippen LogP contribution in [-0.4, -0.2) is 21.7 Å². The second-order valence-electron chi connectivity index (χ2n) is 5.89. The van der Waals surface area contributed by atoms with Crippen LogP contribution in [0.15, 0.2) is 17.2 Å². The summed E-state index contributed by atoms with van der Waals surface area (Å²) in [6.07, 6.45) is 4.86. The van der Waals surface area contributed by atoms with Crippen LogP contribution in [-0.2, 0) is 13.1 Å². The Morgan fingerprint density at radius 3 is 2.28 bits per heavy atom. The maximum atomic E-state index is 12.0. The molecule has 0 saturated heterocycles. The second kappa shape index (κ2) is 6.23. The van der Waals surface area contributed by atoms with Gasteiger partial charge in [0.25, 0.3) is 0 Å². The number of aryl methyl sites for hydroxylation is 1. The fourth-order valence-corrected chi connectivity index (χ4v) is 1.99. The number of hydrogen-bond acceptors (Lipinski definition) is 2. The van der Waals surface area contributed by atoms with E-state index in [9.17, 15) is 4.79 Å². The highest BCUT2D eigenvalue weighted by molar-refractivity contribution is 4.87. The molecule has 4 heteroatoms. The number of aromatic nitrogens is 2. The van der Waals surface area contributed by atoms with E-state index in [1.807, 2.05) is 23.9 Å². The summed E-state index contributed by atoms with van der Waals surface area (Å²) in [4.78, 5) is 12.0. The summed E-state index contributed by atoms with van der Waals surface area (Å²) in [6, 6.07) is 0.308. The molecule has 104 valence electrons. The van der Waals surface area contributed by atoms with Crippen molar-refractivity contribution in [3.8, 4) is 0 Å². The van der Waals surface area contributed by atoms with Crippen LogP contribution < -0.4 is 11.0 Å². The lowest BCUT2D eigenvalue weighted by atomic mass is 9.86. The first-order chi connectivity index (χ1) is 8.40. The maximum Gasteiger partial charge on any atom is 0.328 e. The zero-order valence-electron chi connectivity index (χ0n) is 12.4. The monoisotopic (exact) mass is 253 g/mol. The number of hydrogen-bond donors (Lipinski definition) is 1. The Morgan fingerprint density at radius 2 is 1.83 bits per heavy atom. The van der Waals surface area contributed by atoms with Crippen molar-refractivity contribution in [3.63, 3.8) is 0 Å². The molecule has 1 N–H and O–H groups in total. The van der Waals surface area contributed by atoms with Crippen molar-refractivity contribution in [2.45, 2.75) is 60.2 Å². The van der Waals surface area contributed by atoms with Gasteiger partial charge < -0.3 is 5.32 Å². The van der Waals surface area contributed by atoms with E-state index in [1.165, 1.54) is 0 Å². The van der Waals surface area contributed by atoms with E-state index in [-0.39, 0.29) is 11.1 Å². The van der Waals surface area contributed by atoms with Crippen molar-refractivity contribution in [2.75, 3.05) is 6.54 Å². The van der Waals surface area contributed by atoms with Crippen LogP contribution in [0.2, 0.25) is 0 Å². The molecule has 1 rings (SSSR count). The summed E-state index contributed by atoms with van der Waals surface area (Å²) in [5.74, 6) is 0. The smallest absolute Gasteiger partial charge is 0.312 e. The van der Waals surface area contributed by atoms with Gasteiger partial charge in [-0.2, -0.15) is 0 Å². The van der Waals surface area contributed by atoms with Gasteiger partial charge in [0.05, 0.1) is 0 Å². The van der Waals surface area contributed by atoms with Crippen LogP contribution in [0.5, 0.6) is 0 Å². The van der Waals surface area contributed by atoms with Gasteiger partial charge in [-0.05, 0) is 25.3 Å². The van der Waals surface area contributed by atoms with Crippen LogP contribution in [0.25, 0.3) is 0 Å². The molecule has 0 radical (unpaired) electrons. The molecule has 0 amide bonds. The maximum absolute atomic E-state index is 12.0. The first-order valence-corrected chi connectivity index (χ1v) is 6.89. The van der Waals surface area contributed by atoms with E-state index in [1.54, 1.807) is 4.57 Å². The minimum atomic E-state index is 0.0880. The van der Waals surface area contributed by atoms with Crippen molar-refractivity contribution >= 4 is 0 Å². The summed E-state index contributed by atoms with van der Waals surface area (Å²) < 4.78 is 3.54. The predicted octanol–water partition coefficient (Wildman–Crippen LogP) is 2.08. The molecular formula is C14H27N3O. The molecule has 1 aromatic rings. The summed E-state index contributed by atoms with van der Waals surface area (Å²) >= 11 is 0. The lowest BCUT2D eigenvalue weighted by Crippen LogP contribution is -2.45. The molecule has 0 spiro atoms. The van der Waals surface area contributed by atoms with E-state index in [0.717, 1.165) is 26.1 Å². The van der Waals surface area contributed by atoms with Gasteiger partial charge in [-0.25, -0.2) is 4.79 Å². The quantitative estimate of drug-likeness (QED) is 0.843. The van der Waals surface area contributed by atoms with Crippen molar-refractivity contribution < 1.29 is 0 Å². The fourth-order valence-electron chi connectivity index (χ4n) is 1.99. The molecule has 0 saturated carbocycles. The number of nitrogens with zero attached hydrogens (tertiary/aromatic N) is 2. The third-order valence-electron chi connectivity index (χ3n) is 3.32. The van der Waals surface area contributed by atoms with Crippen molar-refractivity contribution in [1.29, 1.82) is 0 Å². The van der Waals surface area contributed by atoms with Crippen molar-refractivity contribution in [1.82, 2.24) is 14.5 Å². The summed E-state index contributed by atoms with van der Waals surface area (Å²) in [5, 5.41) is 3.54. The average Bonchev–Trinajstić information content (AvgIpc) is 2.64. The molecule has 1 unspecified atom stereocenters. The third kappa shape index (κ3) is 3.73. The largest absolute Gasteiger partial charge is 0.328 e. The van der Waals surface area contributed by atoms with Crippen LogP contribution in [0.1, 0.15) is 41.0 Å². The molecule has 0 aromatic carbocycles. The highest BCUT2D eigenvalue weighted by Crippen LogP contribution is 2.20. The highest BCUT2D eigenvalue weighted by atomic mass is 16.1. The van der Waals surface area contributed by atoms with Gasteiger partial charge in [-0.1, -0.05) is 27.7 Å². The molecule has 0 fully saturated rings. The van der Waals surface area contributed by atoms with Crippen LogP contribution in [0, 0.1) is 5.41 Å². The molecule has 0 aliphatic rings. The Balaban J connectivity index is 2.82. The van der Waals surface area contributed by atoms with Gasteiger partial charge in [0.2, 0.25) is 0 Å². The first-order valence-electron chi connectivity index (χ1n) is 6.89. The Hall–Kier alpha value is -1.03. The van der Waals surface area contributed by atoms with Crippen LogP contribution >= 0.6 is 0 Å². The normalized spacial score (nSPS) is 13.8. The first kappa shape index (κ1) is 15.0. The molecule has 0 aliphatic carbocycles. The molecule has 4 nitrogen and oxygen atoms in total. The van der Waals surface area contributed by atoms with Gasteiger partial charge in [0.1, 0.15) is 0 Å². The van der Waals surface area contributed by atoms with E-state index >= 15 is 0 Å². The van der Waals surface area contributed by atoms with Gasteiger partial charge >= 0.3 is 5.69 Å². The minimum absolute atomic E-state index is 0.0880. The number of imidazole rings is 1. The number of rotatable bonds is 6. The molecule has 1 heterocycles. The van der Waals surface area contributed by atoms with E-state index in [2.05, 4.69) is 33.0 Å². The average molecular weight is 253 g/mol. The second-order valence-corrected chi connectivity index (χ2v) is 5.89. The highest BCUT2D eigenvalue weighted by Gasteiger charge is 2.24. The van der Waals surface area contributed by atoms with Gasteiger partial charge in [0.15, 0.2) is 0 Å². The molecule has 1 atom stereocenters. The van der Waals surface area contributed by atoms with E-state index in [4.69, 9.17) is 0 Å². The molecule has 18 heavy (non-hydrogen) atoms. The van der Waals surface area contributed by atoms with Crippen LogP contribution in [0.4, 0.5) is 0 Å². The predicted molar refractivity (Wildman–Crippen MR) is 75.9 cm³/mol. The van der Waals surface area contributed by atoms with Gasteiger partial charge in [-0.15, -0.1) is 0 Å². The summed E-state index contributed by atoms with van der Waals surface area (Å²) in [7, 11) is 0. The minimum Gasteiger partial charge on any atom is -0.312 e. The molecular weight excluding hydrogens is 226 g/mol. The fraction of sp³-hybridized carbons (Fsp3) is 0.786. The van der Waals surface area contributed by atoms with Gasteiger partial charge in [0, 0.05) is 31.5 Å². The van der Waals surface area contributed by atoms with E-state index in [0.29, 0.717) is 6.04 Å². The van der Waals surface area contributed by atoms with Gasteiger partial charge in [-0.3, -0.25) is 9.13 Å². The standard InChI is InChI=1S/C14H27N3O/c1-6-8-15-12(14(3,4)5)11-17-10-9-16(7-2)13(17)18/h9-10,12,15H,6-8,11H2,1-5H3. The van der Waals surface area contributed by atoms with E-state index < -0.39 is 0 Å². The number of nitrogens with one attached hydrogen (secondary N) is 1. The van der Waals surface area contributed by atoms with Crippen LogP contribution in [0.3, 0.4) is 0 Å². The molecule has 1 aromatic heterocycles.